The van der Waals surface area contributed by atoms with Gasteiger partial charge in [-0.25, -0.2) is 0 Å². The molecule has 0 spiro atoms. The molecule has 0 heterocycles. The van der Waals surface area contributed by atoms with E-state index in [1.807, 2.05) is 46.8 Å². The van der Waals surface area contributed by atoms with Crippen molar-refractivity contribution < 1.29 is 29.3 Å². The number of rotatable bonds is 10. The van der Waals surface area contributed by atoms with Crippen molar-refractivity contribution in [1.82, 2.24) is 0 Å². The van der Waals surface area contributed by atoms with E-state index in [4.69, 9.17) is 4.74 Å². The van der Waals surface area contributed by atoms with Gasteiger partial charge in [0.2, 0.25) is 0 Å². The van der Waals surface area contributed by atoms with E-state index in [0.29, 0.717) is 6.42 Å². The van der Waals surface area contributed by atoms with E-state index in [1.165, 1.54) is 7.11 Å². The minimum absolute atomic E-state index is 0.0194. The molecule has 0 fully saturated rings. The predicted octanol–water partition coefficient (Wildman–Crippen LogP) is 3.47. The van der Waals surface area contributed by atoms with E-state index in [9.17, 15) is 19.8 Å². The zero-order valence-corrected chi connectivity index (χ0v) is 18.3. The second kappa shape index (κ2) is 11.1. The fourth-order valence-corrected chi connectivity index (χ4v) is 2.83. The third-order valence-corrected chi connectivity index (χ3v) is 5.04. The normalized spacial score (nSPS) is 13.9. The highest BCUT2D eigenvalue weighted by atomic mass is 16.5. The summed E-state index contributed by atoms with van der Waals surface area (Å²) >= 11 is 0. The third kappa shape index (κ3) is 7.99. The monoisotopic (exact) mass is 406 g/mol. The molecule has 0 aliphatic rings. The van der Waals surface area contributed by atoms with Crippen molar-refractivity contribution in [2.45, 2.75) is 72.7 Å². The fourth-order valence-electron chi connectivity index (χ4n) is 2.83. The Morgan fingerprint density at radius 1 is 1.21 bits per heavy atom. The van der Waals surface area contributed by atoms with Crippen LogP contribution in [0.25, 0.3) is 6.08 Å². The van der Waals surface area contributed by atoms with E-state index in [0.717, 1.165) is 22.3 Å². The summed E-state index contributed by atoms with van der Waals surface area (Å²) in [6.07, 6.45) is 1.96. The molecule has 29 heavy (non-hydrogen) atoms. The largest absolute Gasteiger partial charge is 0.469 e. The maximum absolute atomic E-state index is 12.3. The summed E-state index contributed by atoms with van der Waals surface area (Å²) in [5.41, 5.74) is 3.21. The van der Waals surface area contributed by atoms with Crippen LogP contribution in [0.3, 0.4) is 0 Å². The molecular weight excluding hydrogens is 372 g/mol. The number of methoxy groups -OCH3 is 1. The molecule has 0 saturated heterocycles. The van der Waals surface area contributed by atoms with Crippen LogP contribution in [0.5, 0.6) is 0 Å². The summed E-state index contributed by atoms with van der Waals surface area (Å²) in [4.78, 5) is 23.5. The SMILES string of the molecule is CCC(C)(C)C(=O)OCc1cc(C)cc(C)c1C=C[C@@H](O)C[C@@H](O)CC(=O)OC. The Labute approximate surface area is 173 Å². The number of carbonyl (C=O) groups excluding carboxylic acids is 2. The number of ether oxygens (including phenoxy) is 2. The number of aliphatic hydroxyl groups excluding tert-OH is 2. The van der Waals surface area contributed by atoms with Gasteiger partial charge in [-0.2, -0.15) is 0 Å². The number of aryl methyl sites for hydroxylation is 2. The van der Waals surface area contributed by atoms with Crippen molar-refractivity contribution in [3.05, 3.63) is 40.5 Å². The van der Waals surface area contributed by atoms with Gasteiger partial charge in [0.05, 0.1) is 31.2 Å². The smallest absolute Gasteiger partial charge is 0.311 e. The Morgan fingerprint density at radius 2 is 1.86 bits per heavy atom. The van der Waals surface area contributed by atoms with Gasteiger partial charge >= 0.3 is 11.9 Å². The van der Waals surface area contributed by atoms with Crippen LogP contribution >= 0.6 is 0 Å². The molecule has 6 heteroatoms. The lowest BCUT2D eigenvalue weighted by Gasteiger charge is -2.21. The number of hydrogen-bond donors (Lipinski definition) is 2. The lowest BCUT2D eigenvalue weighted by atomic mass is 9.90. The Balaban J connectivity index is 2.91. The van der Waals surface area contributed by atoms with Crippen LogP contribution in [0.15, 0.2) is 18.2 Å². The van der Waals surface area contributed by atoms with Gasteiger partial charge in [-0.1, -0.05) is 36.8 Å². The topological polar surface area (TPSA) is 93.1 Å². The molecule has 0 aromatic heterocycles. The Bertz CT molecular complexity index is 735. The molecule has 0 aliphatic carbocycles. The number of esters is 2. The van der Waals surface area contributed by atoms with Crippen LogP contribution in [0.2, 0.25) is 0 Å². The van der Waals surface area contributed by atoms with Crippen LogP contribution < -0.4 is 0 Å². The Kier molecular flexibility index (Phi) is 9.53. The predicted molar refractivity (Wildman–Crippen MR) is 112 cm³/mol. The fraction of sp³-hybridized carbons (Fsp3) is 0.565. The minimum atomic E-state index is -0.988. The molecule has 0 saturated carbocycles. The molecule has 0 aliphatic heterocycles. The average molecular weight is 407 g/mol. The van der Waals surface area contributed by atoms with Crippen molar-refractivity contribution in [3.63, 3.8) is 0 Å². The lowest BCUT2D eigenvalue weighted by molar-refractivity contribution is -0.155. The summed E-state index contributed by atoms with van der Waals surface area (Å²) < 4.78 is 10.0. The van der Waals surface area contributed by atoms with Crippen molar-refractivity contribution in [3.8, 4) is 0 Å². The first-order chi connectivity index (χ1) is 13.5. The number of carbonyl (C=O) groups is 2. The molecule has 2 atom stereocenters. The first-order valence-corrected chi connectivity index (χ1v) is 9.88. The average Bonchev–Trinajstić information content (AvgIpc) is 2.64. The van der Waals surface area contributed by atoms with Crippen molar-refractivity contribution >= 4 is 18.0 Å². The van der Waals surface area contributed by atoms with Crippen molar-refractivity contribution in [2.24, 2.45) is 5.41 Å². The van der Waals surface area contributed by atoms with Gasteiger partial charge in [-0.05, 0) is 50.8 Å². The van der Waals surface area contributed by atoms with Crippen LogP contribution in [0.4, 0.5) is 0 Å². The van der Waals surface area contributed by atoms with Crippen LogP contribution in [-0.4, -0.2) is 41.5 Å². The van der Waals surface area contributed by atoms with Gasteiger partial charge < -0.3 is 19.7 Å². The maximum Gasteiger partial charge on any atom is 0.311 e. The van der Waals surface area contributed by atoms with Gasteiger partial charge in [0.1, 0.15) is 6.61 Å². The van der Waals surface area contributed by atoms with Crippen molar-refractivity contribution in [1.29, 1.82) is 0 Å². The molecular formula is C23H34O6. The number of benzene rings is 1. The number of aliphatic hydroxyl groups is 2. The van der Waals surface area contributed by atoms with Crippen molar-refractivity contribution in [2.75, 3.05) is 7.11 Å². The first-order valence-electron chi connectivity index (χ1n) is 9.88. The lowest BCUT2D eigenvalue weighted by Crippen LogP contribution is -2.25. The zero-order chi connectivity index (χ0) is 22.2. The quantitative estimate of drug-likeness (QED) is 0.578. The summed E-state index contributed by atoms with van der Waals surface area (Å²) in [6.45, 7) is 9.72. The highest BCUT2D eigenvalue weighted by Gasteiger charge is 2.27. The Morgan fingerprint density at radius 3 is 2.45 bits per heavy atom. The van der Waals surface area contributed by atoms with E-state index in [-0.39, 0.29) is 25.4 Å². The van der Waals surface area contributed by atoms with Gasteiger partial charge in [0, 0.05) is 6.42 Å². The molecule has 0 amide bonds. The van der Waals surface area contributed by atoms with Gasteiger partial charge in [0.25, 0.3) is 0 Å². The van der Waals surface area contributed by atoms with E-state index < -0.39 is 23.6 Å². The van der Waals surface area contributed by atoms with Gasteiger partial charge in [-0.3, -0.25) is 9.59 Å². The van der Waals surface area contributed by atoms with Crippen LogP contribution in [-0.2, 0) is 25.7 Å². The molecule has 6 nitrogen and oxygen atoms in total. The molecule has 1 aromatic carbocycles. The standard InChI is InChI=1S/C23H34O6/c1-7-23(4,5)22(27)29-14-17-11-15(2)10-16(3)20(17)9-8-18(24)12-19(25)13-21(26)28-6/h8-11,18-19,24-25H,7,12-14H2,1-6H3/t18-,19-/m1/s1. The summed E-state index contributed by atoms with van der Waals surface area (Å²) in [5.74, 6) is -0.776. The highest BCUT2D eigenvalue weighted by molar-refractivity contribution is 5.76. The highest BCUT2D eigenvalue weighted by Crippen LogP contribution is 2.25. The van der Waals surface area contributed by atoms with E-state index >= 15 is 0 Å². The molecule has 0 bridgehead atoms. The third-order valence-electron chi connectivity index (χ3n) is 5.04. The summed E-state index contributed by atoms with van der Waals surface area (Å²) in [6, 6.07) is 3.97. The maximum atomic E-state index is 12.3. The summed E-state index contributed by atoms with van der Waals surface area (Å²) in [5, 5.41) is 20.0. The minimum Gasteiger partial charge on any atom is -0.469 e. The second-order valence-electron chi connectivity index (χ2n) is 8.06. The zero-order valence-electron chi connectivity index (χ0n) is 18.3. The molecule has 2 N–H and O–H groups in total. The molecule has 0 radical (unpaired) electrons. The Hall–Kier alpha value is -2.18. The molecule has 1 aromatic rings. The van der Waals surface area contributed by atoms with Gasteiger partial charge in [0.15, 0.2) is 0 Å². The first kappa shape index (κ1) is 24.9. The molecule has 1 rings (SSSR count). The number of hydrogen-bond acceptors (Lipinski definition) is 6. The van der Waals surface area contributed by atoms with Crippen LogP contribution in [0.1, 0.15) is 62.3 Å². The molecule has 162 valence electrons. The van der Waals surface area contributed by atoms with E-state index in [2.05, 4.69) is 4.74 Å². The van der Waals surface area contributed by atoms with Gasteiger partial charge in [-0.15, -0.1) is 0 Å². The van der Waals surface area contributed by atoms with E-state index in [1.54, 1.807) is 12.2 Å². The summed E-state index contributed by atoms with van der Waals surface area (Å²) in [7, 11) is 1.25. The van der Waals surface area contributed by atoms with Crippen LogP contribution in [0, 0.1) is 19.3 Å². The second-order valence-corrected chi connectivity index (χ2v) is 8.06. The molecule has 0 unspecified atom stereocenters.